The number of rotatable bonds is 6. The van der Waals surface area contributed by atoms with E-state index in [4.69, 9.17) is 9.47 Å². The summed E-state index contributed by atoms with van der Waals surface area (Å²) in [6.07, 6.45) is 3.33. The number of anilines is 1. The van der Waals surface area contributed by atoms with Crippen molar-refractivity contribution >= 4 is 27.4 Å². The van der Waals surface area contributed by atoms with E-state index in [0.717, 1.165) is 21.8 Å². The largest absolute Gasteiger partial charge is 0.462 e. The van der Waals surface area contributed by atoms with Crippen molar-refractivity contribution in [1.29, 1.82) is 0 Å². The topological polar surface area (TPSA) is 47.5 Å². The Morgan fingerprint density at radius 2 is 1.90 bits per heavy atom. The summed E-state index contributed by atoms with van der Waals surface area (Å²) in [6, 6.07) is 21.1. The van der Waals surface area contributed by atoms with Crippen LogP contribution in [0, 0.1) is 6.92 Å². The number of thiophene rings is 1. The zero-order chi connectivity index (χ0) is 20.3. The maximum Gasteiger partial charge on any atom is 0.229 e. The van der Waals surface area contributed by atoms with Crippen molar-refractivity contribution in [2.45, 2.75) is 13.5 Å². The van der Waals surface area contributed by atoms with E-state index < -0.39 is 0 Å². The number of nitrogens with zero attached hydrogens (tertiary/aromatic N) is 3. The number of hydrogen-bond donors (Lipinski definition) is 0. The zero-order valence-electron chi connectivity index (χ0n) is 16.6. The van der Waals surface area contributed by atoms with E-state index in [1.807, 2.05) is 6.07 Å². The Hall–Kier alpha value is -3.38. The Bertz CT molecular complexity index is 1200. The van der Waals surface area contributed by atoms with E-state index in [0.29, 0.717) is 13.1 Å². The molecule has 6 heteroatoms. The van der Waals surface area contributed by atoms with Gasteiger partial charge in [-0.25, -0.2) is 9.97 Å². The van der Waals surface area contributed by atoms with Crippen LogP contribution in [-0.2, 0) is 16.0 Å². The highest BCUT2D eigenvalue weighted by molar-refractivity contribution is 7.22. The minimum Gasteiger partial charge on any atom is -0.462 e. The fourth-order valence-corrected chi connectivity index (χ4v) is 4.68. The maximum absolute atomic E-state index is 5.60. The first-order valence-electron chi connectivity index (χ1n) is 9.80. The quantitative estimate of drug-likeness (QED) is 0.415. The molecule has 1 aliphatic heterocycles. The van der Waals surface area contributed by atoms with Crippen LogP contribution in [0.1, 0.15) is 11.1 Å². The van der Waals surface area contributed by atoms with Crippen molar-refractivity contribution in [3.8, 4) is 10.4 Å². The van der Waals surface area contributed by atoms with E-state index in [1.54, 1.807) is 23.9 Å². The Kier molecular flexibility index (Phi) is 5.07. The summed E-state index contributed by atoms with van der Waals surface area (Å²) < 4.78 is 11.9. The van der Waals surface area contributed by atoms with Gasteiger partial charge in [0.15, 0.2) is 11.6 Å². The van der Waals surface area contributed by atoms with E-state index in [2.05, 4.69) is 76.4 Å². The Balaban J connectivity index is 1.56. The highest BCUT2D eigenvalue weighted by Crippen LogP contribution is 2.37. The predicted octanol–water partition coefficient (Wildman–Crippen LogP) is 5.52. The summed E-state index contributed by atoms with van der Waals surface area (Å²) >= 11 is 1.72. The van der Waals surface area contributed by atoms with Gasteiger partial charge >= 0.3 is 0 Å². The van der Waals surface area contributed by atoms with Crippen molar-refractivity contribution in [2.75, 3.05) is 18.2 Å². The molecule has 0 bridgehead atoms. The van der Waals surface area contributed by atoms with Gasteiger partial charge in [-0.2, -0.15) is 0 Å². The average molecular weight is 416 g/mol. The van der Waals surface area contributed by atoms with Gasteiger partial charge < -0.3 is 14.4 Å². The molecule has 0 fully saturated rings. The molecule has 0 radical (unpaired) electrons. The molecule has 2 aromatic heterocycles. The van der Waals surface area contributed by atoms with Crippen molar-refractivity contribution in [3.05, 3.63) is 90.1 Å². The molecular weight excluding hydrogens is 394 g/mol. The van der Waals surface area contributed by atoms with Crippen LogP contribution in [0.3, 0.4) is 0 Å². The molecule has 0 saturated carbocycles. The third-order valence-electron chi connectivity index (χ3n) is 4.98. The Morgan fingerprint density at radius 1 is 1.00 bits per heavy atom. The lowest BCUT2D eigenvalue weighted by Gasteiger charge is -2.24. The van der Waals surface area contributed by atoms with Gasteiger partial charge in [0.25, 0.3) is 0 Å². The van der Waals surface area contributed by atoms with Gasteiger partial charge in [-0.1, -0.05) is 60.2 Å². The van der Waals surface area contributed by atoms with E-state index in [-0.39, 0.29) is 6.79 Å². The van der Waals surface area contributed by atoms with Crippen LogP contribution in [0.5, 0.6) is 0 Å². The first-order valence-corrected chi connectivity index (χ1v) is 10.6. The molecule has 2 aromatic carbocycles. The van der Waals surface area contributed by atoms with Gasteiger partial charge in [-0.3, -0.25) is 0 Å². The number of ether oxygens (including phenoxy) is 2. The number of benzene rings is 2. The second-order valence-corrected chi connectivity index (χ2v) is 8.30. The summed E-state index contributed by atoms with van der Waals surface area (Å²) in [5.74, 6) is 1.71. The van der Waals surface area contributed by atoms with Crippen LogP contribution in [0.25, 0.3) is 20.7 Å². The minimum absolute atomic E-state index is 0.268. The number of fused-ring (bicyclic) bond motifs is 1. The second kappa shape index (κ2) is 8.16. The van der Waals surface area contributed by atoms with E-state index in [1.165, 1.54) is 21.6 Å². The fraction of sp³-hybridized carbons (Fsp3) is 0.167. The summed E-state index contributed by atoms with van der Waals surface area (Å²) in [6.45, 7) is 3.68. The molecule has 0 unspecified atom stereocenters. The molecule has 30 heavy (non-hydrogen) atoms. The number of aromatic nitrogens is 2. The van der Waals surface area contributed by atoms with E-state index >= 15 is 0 Å². The molecule has 0 spiro atoms. The van der Waals surface area contributed by atoms with E-state index in [9.17, 15) is 0 Å². The van der Waals surface area contributed by atoms with Crippen LogP contribution >= 0.6 is 11.3 Å². The van der Waals surface area contributed by atoms with Gasteiger partial charge in [0.1, 0.15) is 12.6 Å². The first kappa shape index (κ1) is 18.6. The van der Waals surface area contributed by atoms with Gasteiger partial charge in [-0.05, 0) is 24.1 Å². The SMILES string of the molecule is Cc1cccc(-c2cc3ncnc(N(CC4=COCO4)Cc4ccccc4)c3s2)c1. The number of aryl methyl sites for hydroxylation is 1. The van der Waals surface area contributed by atoms with Crippen LogP contribution in [0.4, 0.5) is 5.82 Å². The second-order valence-electron chi connectivity index (χ2n) is 7.25. The van der Waals surface area contributed by atoms with Crippen LogP contribution in [0.15, 0.2) is 79.0 Å². The summed E-state index contributed by atoms with van der Waals surface area (Å²) in [4.78, 5) is 12.6. The van der Waals surface area contributed by atoms with Crippen molar-refractivity contribution < 1.29 is 9.47 Å². The predicted molar refractivity (Wildman–Crippen MR) is 120 cm³/mol. The van der Waals surface area contributed by atoms with Gasteiger partial charge in [0.05, 0.1) is 16.8 Å². The summed E-state index contributed by atoms with van der Waals surface area (Å²) in [7, 11) is 0. The van der Waals surface area contributed by atoms with Crippen molar-refractivity contribution in [1.82, 2.24) is 9.97 Å². The minimum atomic E-state index is 0.268. The van der Waals surface area contributed by atoms with Crippen LogP contribution in [0.2, 0.25) is 0 Å². The number of hydrogen-bond acceptors (Lipinski definition) is 6. The molecule has 4 aromatic rings. The van der Waals surface area contributed by atoms with Crippen molar-refractivity contribution in [3.63, 3.8) is 0 Å². The third-order valence-corrected chi connectivity index (χ3v) is 6.15. The summed E-state index contributed by atoms with van der Waals surface area (Å²) in [5, 5.41) is 0. The first-order chi connectivity index (χ1) is 14.8. The lowest BCUT2D eigenvalue weighted by Crippen LogP contribution is -2.26. The highest BCUT2D eigenvalue weighted by atomic mass is 32.1. The molecule has 0 atom stereocenters. The molecule has 150 valence electrons. The van der Waals surface area contributed by atoms with Crippen LogP contribution in [-0.4, -0.2) is 23.3 Å². The third kappa shape index (κ3) is 3.86. The molecule has 0 saturated heterocycles. The molecule has 5 rings (SSSR count). The maximum atomic E-state index is 5.60. The summed E-state index contributed by atoms with van der Waals surface area (Å²) in [5.41, 5.74) is 4.61. The van der Waals surface area contributed by atoms with Crippen LogP contribution < -0.4 is 4.90 Å². The lowest BCUT2D eigenvalue weighted by molar-refractivity contribution is 0.0797. The molecule has 0 N–H and O–H groups in total. The van der Waals surface area contributed by atoms with Gasteiger partial charge in [0.2, 0.25) is 6.79 Å². The lowest BCUT2D eigenvalue weighted by atomic mass is 10.1. The molecule has 3 heterocycles. The average Bonchev–Trinajstić information content (AvgIpc) is 3.43. The smallest absolute Gasteiger partial charge is 0.229 e. The normalized spacial score (nSPS) is 13.0. The molecule has 5 nitrogen and oxygen atoms in total. The molecular formula is C24H21N3O2S. The van der Waals surface area contributed by atoms with Crippen molar-refractivity contribution in [2.24, 2.45) is 0 Å². The Morgan fingerprint density at radius 3 is 2.70 bits per heavy atom. The molecule has 0 aliphatic carbocycles. The zero-order valence-corrected chi connectivity index (χ0v) is 17.4. The highest BCUT2D eigenvalue weighted by Gasteiger charge is 2.20. The van der Waals surface area contributed by atoms with Gasteiger partial charge in [0, 0.05) is 11.4 Å². The van der Waals surface area contributed by atoms with Gasteiger partial charge in [-0.15, -0.1) is 11.3 Å². The molecule has 0 amide bonds. The monoisotopic (exact) mass is 415 g/mol. The standard InChI is InChI=1S/C24H21N3O2S/c1-17-6-5-9-19(10-17)22-11-21-23(30-22)24(26-15-25-21)27(13-20-14-28-16-29-20)12-18-7-3-2-4-8-18/h2-11,14-15H,12-13,16H2,1H3. The Labute approximate surface area is 179 Å². The fourth-order valence-electron chi connectivity index (χ4n) is 3.56. The molecule has 1 aliphatic rings.